The van der Waals surface area contributed by atoms with Crippen LogP contribution in [0.3, 0.4) is 0 Å². The average molecular weight is 471 g/mol. The number of urea groups is 1. The lowest BCUT2D eigenvalue weighted by atomic mass is 10.2. The maximum Gasteiger partial charge on any atom is 0.322 e. The first-order valence-corrected chi connectivity index (χ1v) is 12.3. The van der Waals surface area contributed by atoms with Gasteiger partial charge in [-0.2, -0.15) is 0 Å². The minimum absolute atomic E-state index is 0.103. The predicted molar refractivity (Wildman–Crippen MR) is 140 cm³/mol. The lowest BCUT2D eigenvalue weighted by Gasteiger charge is -2.35. The van der Waals surface area contributed by atoms with Crippen LogP contribution >= 0.6 is 0 Å². The van der Waals surface area contributed by atoms with Crippen molar-refractivity contribution >= 4 is 17.6 Å². The highest BCUT2D eigenvalue weighted by atomic mass is 16.2. The van der Waals surface area contributed by atoms with Gasteiger partial charge in [0.05, 0.1) is 0 Å². The third kappa shape index (κ3) is 7.42. The number of benzene rings is 3. The average Bonchev–Trinajstić information content (AvgIpc) is 2.88. The molecule has 1 heterocycles. The fourth-order valence-electron chi connectivity index (χ4n) is 4.37. The van der Waals surface area contributed by atoms with Gasteiger partial charge >= 0.3 is 6.03 Å². The normalized spacial score (nSPS) is 13.9. The van der Waals surface area contributed by atoms with Crippen molar-refractivity contribution in [3.05, 3.63) is 102 Å². The Morgan fingerprint density at radius 3 is 2.14 bits per heavy atom. The molecular formula is C29H34N4O2. The van der Waals surface area contributed by atoms with Crippen LogP contribution in [0.1, 0.15) is 23.1 Å². The molecule has 1 aliphatic rings. The number of hydrogen-bond acceptors (Lipinski definition) is 3. The van der Waals surface area contributed by atoms with Crippen molar-refractivity contribution in [2.24, 2.45) is 0 Å². The van der Waals surface area contributed by atoms with E-state index in [-0.39, 0.29) is 11.9 Å². The van der Waals surface area contributed by atoms with Gasteiger partial charge in [0.25, 0.3) is 0 Å². The number of amides is 3. The molecule has 6 heteroatoms. The van der Waals surface area contributed by atoms with Crippen molar-refractivity contribution in [3.8, 4) is 0 Å². The summed E-state index contributed by atoms with van der Waals surface area (Å²) < 4.78 is 0. The first-order valence-electron chi connectivity index (χ1n) is 12.3. The summed E-state index contributed by atoms with van der Waals surface area (Å²) >= 11 is 0. The second-order valence-electron chi connectivity index (χ2n) is 9.10. The third-order valence-electron chi connectivity index (χ3n) is 6.34. The van der Waals surface area contributed by atoms with E-state index in [0.717, 1.165) is 49.5 Å². The Kier molecular flexibility index (Phi) is 8.52. The molecule has 0 unspecified atom stereocenters. The molecule has 1 saturated heterocycles. The van der Waals surface area contributed by atoms with Crippen LogP contribution in [-0.2, 0) is 17.9 Å². The van der Waals surface area contributed by atoms with Crippen LogP contribution in [0.2, 0.25) is 0 Å². The number of anilines is 1. The first-order chi connectivity index (χ1) is 17.1. The largest absolute Gasteiger partial charge is 0.340 e. The Bertz CT molecular complexity index is 1100. The summed E-state index contributed by atoms with van der Waals surface area (Å²) in [5.74, 6) is 0.103. The van der Waals surface area contributed by atoms with E-state index < -0.39 is 0 Å². The van der Waals surface area contributed by atoms with Gasteiger partial charge in [-0.25, -0.2) is 4.79 Å². The highest BCUT2D eigenvalue weighted by molar-refractivity contribution is 5.89. The highest BCUT2D eigenvalue weighted by Crippen LogP contribution is 2.14. The van der Waals surface area contributed by atoms with E-state index in [2.05, 4.69) is 34.5 Å². The topological polar surface area (TPSA) is 55.9 Å². The Balaban J connectivity index is 1.31. The lowest BCUT2D eigenvalue weighted by Crippen LogP contribution is -2.49. The van der Waals surface area contributed by atoms with Crippen molar-refractivity contribution in [3.63, 3.8) is 0 Å². The summed E-state index contributed by atoms with van der Waals surface area (Å²) in [6, 6.07) is 27.9. The van der Waals surface area contributed by atoms with E-state index in [9.17, 15) is 9.59 Å². The van der Waals surface area contributed by atoms with Crippen LogP contribution < -0.4 is 5.32 Å². The molecule has 1 aliphatic heterocycles. The maximum atomic E-state index is 13.1. The number of carbonyl (C=O) groups excluding carboxylic acids is 2. The van der Waals surface area contributed by atoms with Crippen molar-refractivity contribution < 1.29 is 9.59 Å². The molecule has 182 valence electrons. The zero-order valence-electron chi connectivity index (χ0n) is 20.4. The van der Waals surface area contributed by atoms with Crippen molar-refractivity contribution in [1.29, 1.82) is 0 Å². The van der Waals surface area contributed by atoms with Crippen LogP contribution in [0.4, 0.5) is 10.5 Å². The molecule has 35 heavy (non-hydrogen) atoms. The van der Waals surface area contributed by atoms with Crippen LogP contribution in [0.25, 0.3) is 0 Å². The van der Waals surface area contributed by atoms with E-state index in [1.165, 1.54) is 5.56 Å². The molecule has 3 amide bonds. The molecular weight excluding hydrogens is 436 g/mol. The summed E-state index contributed by atoms with van der Waals surface area (Å²) in [5, 5.41) is 2.99. The van der Waals surface area contributed by atoms with Gasteiger partial charge in [0.1, 0.15) is 0 Å². The zero-order valence-corrected chi connectivity index (χ0v) is 20.4. The van der Waals surface area contributed by atoms with Crippen molar-refractivity contribution in [2.75, 3.05) is 38.0 Å². The van der Waals surface area contributed by atoms with Crippen LogP contribution in [0.5, 0.6) is 0 Å². The van der Waals surface area contributed by atoms with Crippen LogP contribution in [0, 0.1) is 6.92 Å². The summed E-state index contributed by atoms with van der Waals surface area (Å²) in [5.41, 5.74) is 4.17. The molecule has 6 nitrogen and oxygen atoms in total. The van der Waals surface area contributed by atoms with Crippen LogP contribution in [0.15, 0.2) is 84.9 Å². The van der Waals surface area contributed by atoms with Gasteiger partial charge in [-0.05, 0) is 35.7 Å². The van der Waals surface area contributed by atoms with Crippen molar-refractivity contribution in [2.45, 2.75) is 26.4 Å². The summed E-state index contributed by atoms with van der Waals surface area (Å²) in [6.45, 7) is 6.90. The van der Waals surface area contributed by atoms with Gasteiger partial charge in [-0.15, -0.1) is 0 Å². The van der Waals surface area contributed by atoms with Crippen molar-refractivity contribution in [1.82, 2.24) is 14.7 Å². The molecule has 0 atom stereocenters. The SMILES string of the molecule is Cc1cccc(NC(=O)N(CCC(=O)N2CCN(Cc3ccccc3)CC2)Cc2ccccc2)c1. The summed E-state index contributed by atoms with van der Waals surface area (Å²) in [6.07, 6.45) is 0.312. The third-order valence-corrected chi connectivity index (χ3v) is 6.34. The molecule has 0 spiro atoms. The molecule has 1 N–H and O–H groups in total. The molecule has 0 saturated carbocycles. The number of rotatable bonds is 8. The number of piperazine rings is 1. The van der Waals surface area contributed by atoms with E-state index in [0.29, 0.717) is 19.5 Å². The molecule has 4 rings (SSSR count). The predicted octanol–water partition coefficient (Wildman–Crippen LogP) is 4.76. The van der Waals surface area contributed by atoms with E-state index >= 15 is 0 Å². The van der Waals surface area contributed by atoms with Gasteiger partial charge < -0.3 is 15.1 Å². The molecule has 0 aromatic heterocycles. The quantitative estimate of drug-likeness (QED) is 0.516. The molecule has 0 bridgehead atoms. The Hall–Kier alpha value is -3.64. The second-order valence-corrected chi connectivity index (χ2v) is 9.10. The molecule has 3 aromatic rings. The fourth-order valence-corrected chi connectivity index (χ4v) is 4.37. The van der Waals surface area contributed by atoms with Gasteiger partial charge in [-0.3, -0.25) is 9.69 Å². The standard InChI is InChI=1S/C29H34N4O2/c1-24-9-8-14-27(21-24)30-29(35)33(23-26-12-6-3-7-13-26)16-15-28(34)32-19-17-31(18-20-32)22-25-10-4-2-5-11-25/h2-14,21H,15-20,22-23H2,1H3,(H,30,35). The maximum absolute atomic E-state index is 13.1. The Labute approximate surface area is 208 Å². The number of hydrogen-bond donors (Lipinski definition) is 1. The number of aryl methyl sites for hydroxylation is 1. The van der Waals surface area contributed by atoms with Crippen LogP contribution in [-0.4, -0.2) is 59.4 Å². The van der Waals surface area contributed by atoms with Gasteiger partial charge in [0.2, 0.25) is 5.91 Å². The second kappa shape index (κ2) is 12.2. The molecule has 0 radical (unpaired) electrons. The van der Waals surface area contributed by atoms with Gasteiger partial charge in [0, 0.05) is 57.9 Å². The minimum atomic E-state index is -0.195. The number of nitrogens with zero attached hydrogens (tertiary/aromatic N) is 3. The van der Waals surface area contributed by atoms with Gasteiger partial charge in [-0.1, -0.05) is 72.8 Å². The Morgan fingerprint density at radius 2 is 1.49 bits per heavy atom. The molecule has 3 aromatic carbocycles. The summed E-state index contributed by atoms with van der Waals surface area (Å²) in [4.78, 5) is 32.2. The minimum Gasteiger partial charge on any atom is -0.340 e. The zero-order chi connectivity index (χ0) is 24.5. The Morgan fingerprint density at radius 1 is 0.829 bits per heavy atom. The van der Waals surface area contributed by atoms with E-state index in [1.807, 2.05) is 72.5 Å². The van der Waals surface area contributed by atoms with Gasteiger partial charge in [0.15, 0.2) is 0 Å². The monoisotopic (exact) mass is 470 g/mol. The summed E-state index contributed by atoms with van der Waals surface area (Å²) in [7, 11) is 0. The smallest absolute Gasteiger partial charge is 0.322 e. The number of nitrogens with one attached hydrogen (secondary N) is 1. The molecule has 0 aliphatic carbocycles. The highest BCUT2D eigenvalue weighted by Gasteiger charge is 2.23. The van der Waals surface area contributed by atoms with E-state index in [1.54, 1.807) is 4.90 Å². The first kappa shape index (κ1) is 24.5. The fraction of sp³-hybridized carbons (Fsp3) is 0.310. The number of carbonyl (C=O) groups is 2. The molecule has 1 fully saturated rings. The lowest BCUT2D eigenvalue weighted by molar-refractivity contribution is -0.133. The van der Waals surface area contributed by atoms with E-state index in [4.69, 9.17) is 0 Å².